The van der Waals surface area contributed by atoms with Gasteiger partial charge in [-0.05, 0) is 35.7 Å². The second-order valence-electron chi connectivity index (χ2n) is 4.62. The molecule has 3 aromatic rings. The minimum atomic E-state index is -0.355. The van der Waals surface area contributed by atoms with Crippen molar-refractivity contribution in [1.29, 1.82) is 0 Å². The fraction of sp³-hybridized carbons (Fsp3) is 0.0625. The van der Waals surface area contributed by atoms with Crippen LogP contribution in [0.3, 0.4) is 0 Å². The summed E-state index contributed by atoms with van der Waals surface area (Å²) in [5.41, 5.74) is 4.90. The summed E-state index contributed by atoms with van der Waals surface area (Å²) in [6, 6.07) is 13.4. The summed E-state index contributed by atoms with van der Waals surface area (Å²) in [5.74, 6) is 0. The maximum absolute atomic E-state index is 10.8. The van der Waals surface area contributed by atoms with E-state index in [1.807, 2.05) is 48.7 Å². The van der Waals surface area contributed by atoms with Gasteiger partial charge < -0.3 is 0 Å². The van der Waals surface area contributed by atoms with Crippen molar-refractivity contribution >= 4 is 16.3 Å². The normalized spacial score (nSPS) is 10.5. The van der Waals surface area contributed by atoms with Gasteiger partial charge in [0.2, 0.25) is 0 Å². The zero-order valence-corrected chi connectivity index (χ0v) is 12.1. The molecule has 0 saturated carbocycles. The molecule has 0 radical (unpaired) electrons. The van der Waals surface area contributed by atoms with E-state index in [-0.39, 0.29) is 9.92 Å². The Morgan fingerprint density at radius 1 is 1.14 bits per heavy atom. The molecule has 2 heterocycles. The number of rotatable bonds is 3. The second-order valence-corrected chi connectivity index (χ2v) is 5.51. The Morgan fingerprint density at radius 2 is 1.95 bits per heavy atom. The first kappa shape index (κ1) is 13.5. The predicted molar refractivity (Wildman–Crippen MR) is 84.4 cm³/mol. The van der Waals surface area contributed by atoms with Crippen LogP contribution in [0, 0.1) is 17.0 Å². The first-order valence-electron chi connectivity index (χ1n) is 6.41. The molecule has 0 atom stereocenters. The number of nitro groups is 1. The van der Waals surface area contributed by atoms with Crippen LogP contribution in [0.2, 0.25) is 0 Å². The van der Waals surface area contributed by atoms with Crippen molar-refractivity contribution in [1.82, 2.24) is 4.98 Å². The number of benzene rings is 1. The third-order valence-corrected chi connectivity index (χ3v) is 4.23. The standard InChI is InChI=1S/C16H12N2O2S/c1-11-13(12-9-16(18(19)20)21-10-12)5-4-6-14(11)15-7-2-3-8-17-15/h2-10H,1H3. The maximum Gasteiger partial charge on any atom is 0.324 e. The van der Waals surface area contributed by atoms with Crippen LogP contribution < -0.4 is 0 Å². The van der Waals surface area contributed by atoms with E-state index < -0.39 is 0 Å². The van der Waals surface area contributed by atoms with Crippen LogP contribution >= 0.6 is 11.3 Å². The van der Waals surface area contributed by atoms with Gasteiger partial charge in [0.05, 0.1) is 10.6 Å². The molecule has 0 fully saturated rings. The molecule has 0 unspecified atom stereocenters. The van der Waals surface area contributed by atoms with E-state index in [0.717, 1.165) is 39.3 Å². The van der Waals surface area contributed by atoms with Gasteiger partial charge in [0.1, 0.15) is 0 Å². The SMILES string of the molecule is Cc1c(-c2csc([N+](=O)[O-])c2)cccc1-c1ccccn1. The van der Waals surface area contributed by atoms with E-state index in [0.29, 0.717) is 0 Å². The molecular weight excluding hydrogens is 284 g/mol. The molecule has 0 spiro atoms. The number of nitrogens with zero attached hydrogens (tertiary/aromatic N) is 2. The van der Waals surface area contributed by atoms with Crippen molar-refractivity contribution < 1.29 is 4.92 Å². The lowest BCUT2D eigenvalue weighted by Crippen LogP contribution is -1.89. The zero-order valence-electron chi connectivity index (χ0n) is 11.3. The molecule has 0 aliphatic rings. The van der Waals surface area contributed by atoms with Crippen molar-refractivity contribution in [2.75, 3.05) is 0 Å². The number of aromatic nitrogens is 1. The monoisotopic (exact) mass is 296 g/mol. The highest BCUT2D eigenvalue weighted by Gasteiger charge is 2.14. The molecule has 4 nitrogen and oxygen atoms in total. The molecular formula is C16H12N2O2S. The Kier molecular flexibility index (Phi) is 3.50. The van der Waals surface area contributed by atoms with Crippen molar-refractivity contribution in [3.05, 3.63) is 69.7 Å². The Balaban J connectivity index is 2.10. The first-order valence-corrected chi connectivity index (χ1v) is 7.29. The summed E-state index contributed by atoms with van der Waals surface area (Å²) in [5, 5.41) is 12.8. The fourth-order valence-electron chi connectivity index (χ4n) is 2.31. The zero-order chi connectivity index (χ0) is 14.8. The molecule has 2 aromatic heterocycles. The van der Waals surface area contributed by atoms with Crippen molar-refractivity contribution in [3.63, 3.8) is 0 Å². The third-order valence-electron chi connectivity index (χ3n) is 3.35. The van der Waals surface area contributed by atoms with Gasteiger partial charge in [0, 0.05) is 23.2 Å². The molecule has 5 heteroatoms. The van der Waals surface area contributed by atoms with Crippen LogP contribution in [0.1, 0.15) is 5.56 Å². The lowest BCUT2D eigenvalue weighted by Gasteiger charge is -2.09. The molecule has 0 aliphatic heterocycles. The van der Waals surface area contributed by atoms with Gasteiger partial charge >= 0.3 is 5.00 Å². The highest BCUT2D eigenvalue weighted by atomic mass is 32.1. The highest BCUT2D eigenvalue weighted by Crippen LogP contribution is 2.35. The Morgan fingerprint density at radius 3 is 2.62 bits per heavy atom. The summed E-state index contributed by atoms with van der Waals surface area (Å²) in [7, 11) is 0. The van der Waals surface area contributed by atoms with Crippen LogP contribution in [-0.2, 0) is 0 Å². The van der Waals surface area contributed by atoms with Gasteiger partial charge in [0.25, 0.3) is 0 Å². The average Bonchev–Trinajstić information content (AvgIpc) is 2.98. The van der Waals surface area contributed by atoms with Crippen molar-refractivity contribution in [3.8, 4) is 22.4 Å². The molecule has 0 N–H and O–H groups in total. The fourth-order valence-corrected chi connectivity index (χ4v) is 3.03. The van der Waals surface area contributed by atoms with Crippen LogP contribution in [-0.4, -0.2) is 9.91 Å². The second kappa shape index (κ2) is 5.46. The van der Waals surface area contributed by atoms with Crippen molar-refractivity contribution in [2.45, 2.75) is 6.92 Å². The quantitative estimate of drug-likeness (QED) is 0.520. The van der Waals surface area contributed by atoms with Crippen LogP contribution in [0.15, 0.2) is 54.0 Å². The minimum Gasteiger partial charge on any atom is -0.258 e. The van der Waals surface area contributed by atoms with E-state index in [2.05, 4.69) is 4.98 Å². The number of hydrogen-bond donors (Lipinski definition) is 0. The van der Waals surface area contributed by atoms with Gasteiger partial charge in [-0.25, -0.2) is 0 Å². The number of pyridine rings is 1. The van der Waals surface area contributed by atoms with Crippen LogP contribution in [0.25, 0.3) is 22.4 Å². The molecule has 104 valence electrons. The Labute approximate surface area is 125 Å². The average molecular weight is 296 g/mol. The minimum absolute atomic E-state index is 0.160. The summed E-state index contributed by atoms with van der Waals surface area (Å²) in [4.78, 5) is 14.8. The van der Waals surface area contributed by atoms with Gasteiger partial charge in [-0.2, -0.15) is 0 Å². The Bertz CT molecular complexity index is 797. The van der Waals surface area contributed by atoms with Gasteiger partial charge in [0.15, 0.2) is 0 Å². The van der Waals surface area contributed by atoms with Crippen molar-refractivity contribution in [2.24, 2.45) is 0 Å². The molecule has 0 saturated heterocycles. The molecule has 0 amide bonds. The topological polar surface area (TPSA) is 56.0 Å². The predicted octanol–water partition coefficient (Wildman–Crippen LogP) is 4.69. The number of hydrogen-bond acceptors (Lipinski definition) is 4. The smallest absolute Gasteiger partial charge is 0.258 e. The lowest BCUT2D eigenvalue weighted by atomic mass is 9.96. The summed E-state index contributed by atoms with van der Waals surface area (Å²) < 4.78 is 0. The van der Waals surface area contributed by atoms with Gasteiger partial charge in [-0.15, -0.1) is 0 Å². The van der Waals surface area contributed by atoms with Gasteiger partial charge in [-0.1, -0.05) is 35.6 Å². The van der Waals surface area contributed by atoms with E-state index in [1.54, 1.807) is 12.3 Å². The van der Waals surface area contributed by atoms with Gasteiger partial charge in [-0.3, -0.25) is 15.1 Å². The molecule has 3 rings (SSSR count). The van der Waals surface area contributed by atoms with E-state index in [1.165, 1.54) is 0 Å². The highest BCUT2D eigenvalue weighted by molar-refractivity contribution is 7.13. The molecule has 0 bridgehead atoms. The lowest BCUT2D eigenvalue weighted by molar-refractivity contribution is -0.380. The summed E-state index contributed by atoms with van der Waals surface area (Å²) in [6.45, 7) is 2.02. The Hall–Kier alpha value is -2.53. The molecule has 0 aliphatic carbocycles. The largest absolute Gasteiger partial charge is 0.324 e. The summed E-state index contributed by atoms with van der Waals surface area (Å²) in [6.07, 6.45) is 1.76. The van der Waals surface area contributed by atoms with Crippen LogP contribution in [0.5, 0.6) is 0 Å². The molecule has 1 aromatic carbocycles. The third kappa shape index (κ3) is 2.55. The van der Waals surface area contributed by atoms with E-state index in [4.69, 9.17) is 0 Å². The van der Waals surface area contributed by atoms with E-state index in [9.17, 15) is 10.1 Å². The summed E-state index contributed by atoms with van der Waals surface area (Å²) >= 11 is 1.15. The first-order chi connectivity index (χ1) is 10.2. The maximum atomic E-state index is 10.8. The van der Waals surface area contributed by atoms with E-state index >= 15 is 0 Å². The van der Waals surface area contributed by atoms with Crippen LogP contribution in [0.4, 0.5) is 5.00 Å². The molecule has 21 heavy (non-hydrogen) atoms. The number of thiophene rings is 1.